The van der Waals surface area contributed by atoms with Gasteiger partial charge in [-0.05, 0) is 36.4 Å². The number of thiophene rings is 1. The first-order chi connectivity index (χ1) is 13.1. The van der Waals surface area contributed by atoms with E-state index in [4.69, 9.17) is 5.11 Å². The largest absolute Gasteiger partial charge is 0.481 e. The van der Waals surface area contributed by atoms with E-state index in [1.807, 2.05) is 47.8 Å². The number of hydrogen-bond donors (Lipinski definition) is 2. The van der Waals surface area contributed by atoms with Gasteiger partial charge in [0.15, 0.2) is 0 Å². The number of unbranched alkanes of at least 4 members (excludes halogenated alkanes) is 2. The predicted molar refractivity (Wildman–Crippen MR) is 105 cm³/mol. The van der Waals surface area contributed by atoms with Crippen molar-refractivity contribution in [1.82, 2.24) is 15.1 Å². The Balaban J connectivity index is 1.70. The minimum Gasteiger partial charge on any atom is -0.481 e. The summed E-state index contributed by atoms with van der Waals surface area (Å²) in [4.78, 5) is 24.1. The molecule has 2 aromatic heterocycles. The molecule has 0 spiro atoms. The molecule has 0 saturated carbocycles. The summed E-state index contributed by atoms with van der Waals surface area (Å²) >= 11 is 1.54. The molecule has 3 aromatic rings. The maximum absolute atomic E-state index is 12.7. The fraction of sp³-hybridized carbons (Fsp3) is 0.250. The molecule has 6 nitrogen and oxygen atoms in total. The monoisotopic (exact) mass is 383 g/mol. The second-order valence-corrected chi connectivity index (χ2v) is 7.06. The number of carboxylic acid groups (broad SMARTS) is 1. The normalized spacial score (nSPS) is 10.7. The fourth-order valence-corrected chi connectivity index (χ4v) is 3.45. The summed E-state index contributed by atoms with van der Waals surface area (Å²) in [7, 11) is 0. The number of nitrogens with one attached hydrogen (secondary N) is 1. The first-order valence-corrected chi connectivity index (χ1v) is 9.72. The van der Waals surface area contributed by atoms with Gasteiger partial charge < -0.3 is 10.4 Å². The SMILES string of the molecule is O=C(O)CCCCCNC(=O)c1cn(-c2ccccc2)nc1-c1cccs1. The van der Waals surface area contributed by atoms with E-state index < -0.39 is 5.97 Å². The van der Waals surface area contributed by atoms with Crippen LogP contribution >= 0.6 is 11.3 Å². The van der Waals surface area contributed by atoms with E-state index in [-0.39, 0.29) is 12.3 Å². The quantitative estimate of drug-likeness (QED) is 0.548. The smallest absolute Gasteiger partial charge is 0.303 e. The summed E-state index contributed by atoms with van der Waals surface area (Å²) in [6, 6.07) is 13.6. The van der Waals surface area contributed by atoms with Gasteiger partial charge in [0.2, 0.25) is 0 Å². The zero-order valence-corrected chi connectivity index (χ0v) is 15.6. The van der Waals surface area contributed by atoms with Crippen LogP contribution in [0.5, 0.6) is 0 Å². The fourth-order valence-electron chi connectivity index (χ4n) is 2.72. The highest BCUT2D eigenvalue weighted by molar-refractivity contribution is 7.13. The molecule has 0 radical (unpaired) electrons. The zero-order valence-electron chi connectivity index (χ0n) is 14.8. The Labute approximate surface area is 161 Å². The van der Waals surface area contributed by atoms with Gasteiger partial charge in [-0.1, -0.05) is 30.7 Å². The highest BCUT2D eigenvalue weighted by Crippen LogP contribution is 2.27. The molecule has 140 valence electrons. The number of hydrogen-bond acceptors (Lipinski definition) is 4. The molecule has 0 fully saturated rings. The van der Waals surface area contributed by atoms with Gasteiger partial charge in [-0.2, -0.15) is 5.10 Å². The van der Waals surface area contributed by atoms with Gasteiger partial charge in [-0.3, -0.25) is 9.59 Å². The van der Waals surface area contributed by atoms with E-state index in [2.05, 4.69) is 10.4 Å². The van der Waals surface area contributed by atoms with Crippen molar-refractivity contribution >= 4 is 23.2 Å². The molecule has 2 heterocycles. The third-order valence-electron chi connectivity index (χ3n) is 4.09. The number of aromatic nitrogens is 2. The van der Waals surface area contributed by atoms with Gasteiger partial charge >= 0.3 is 5.97 Å². The van der Waals surface area contributed by atoms with Crippen LogP contribution in [0.3, 0.4) is 0 Å². The summed E-state index contributed by atoms with van der Waals surface area (Å²) in [6.07, 6.45) is 4.07. The molecule has 0 atom stereocenters. The molecule has 1 amide bonds. The lowest BCUT2D eigenvalue weighted by molar-refractivity contribution is -0.137. The lowest BCUT2D eigenvalue weighted by Gasteiger charge is -2.04. The Hall–Kier alpha value is -2.93. The average Bonchev–Trinajstić information content (AvgIpc) is 3.34. The Bertz CT molecular complexity index is 889. The number of rotatable bonds is 9. The van der Waals surface area contributed by atoms with Crippen molar-refractivity contribution < 1.29 is 14.7 Å². The van der Waals surface area contributed by atoms with Crippen molar-refractivity contribution in [2.24, 2.45) is 0 Å². The second kappa shape index (κ2) is 9.14. The lowest BCUT2D eigenvalue weighted by atomic mass is 10.2. The predicted octanol–water partition coefficient (Wildman–Crippen LogP) is 3.98. The van der Waals surface area contributed by atoms with Gasteiger partial charge in [0.1, 0.15) is 5.69 Å². The molecule has 27 heavy (non-hydrogen) atoms. The minimum atomic E-state index is -0.784. The first kappa shape index (κ1) is 18.8. The Morgan fingerprint density at radius 3 is 2.59 bits per heavy atom. The molecular formula is C20H21N3O3S. The van der Waals surface area contributed by atoms with Crippen LogP contribution in [0.2, 0.25) is 0 Å². The topological polar surface area (TPSA) is 84.2 Å². The maximum atomic E-state index is 12.7. The summed E-state index contributed by atoms with van der Waals surface area (Å²) in [5.74, 6) is -0.952. The van der Waals surface area contributed by atoms with Crippen molar-refractivity contribution in [3.05, 3.63) is 59.6 Å². The number of amides is 1. The van der Waals surface area contributed by atoms with E-state index in [0.717, 1.165) is 23.4 Å². The first-order valence-electron chi connectivity index (χ1n) is 8.84. The third-order valence-corrected chi connectivity index (χ3v) is 4.96. The van der Waals surface area contributed by atoms with Crippen molar-refractivity contribution in [3.8, 4) is 16.3 Å². The average molecular weight is 383 g/mol. The lowest BCUT2D eigenvalue weighted by Crippen LogP contribution is -2.24. The number of para-hydroxylation sites is 1. The molecule has 0 aliphatic carbocycles. The van der Waals surface area contributed by atoms with Crippen LogP contribution < -0.4 is 5.32 Å². The Morgan fingerprint density at radius 1 is 1.07 bits per heavy atom. The number of benzene rings is 1. The van der Waals surface area contributed by atoms with Gasteiger partial charge in [-0.15, -0.1) is 11.3 Å². The molecule has 0 aliphatic rings. The van der Waals surface area contributed by atoms with Gasteiger partial charge in [0, 0.05) is 19.2 Å². The van der Waals surface area contributed by atoms with Crippen LogP contribution in [0.15, 0.2) is 54.0 Å². The number of carbonyl (C=O) groups excluding carboxylic acids is 1. The Kier molecular flexibility index (Phi) is 6.38. The minimum absolute atomic E-state index is 0.167. The highest BCUT2D eigenvalue weighted by Gasteiger charge is 2.19. The molecule has 2 N–H and O–H groups in total. The van der Waals surface area contributed by atoms with Gasteiger partial charge in [-0.25, -0.2) is 4.68 Å². The van der Waals surface area contributed by atoms with E-state index in [1.165, 1.54) is 0 Å². The van der Waals surface area contributed by atoms with Crippen LogP contribution in [0.25, 0.3) is 16.3 Å². The maximum Gasteiger partial charge on any atom is 0.303 e. The van der Waals surface area contributed by atoms with Crippen molar-refractivity contribution in [2.75, 3.05) is 6.54 Å². The van der Waals surface area contributed by atoms with E-state index in [9.17, 15) is 9.59 Å². The van der Waals surface area contributed by atoms with Crippen molar-refractivity contribution in [1.29, 1.82) is 0 Å². The van der Waals surface area contributed by atoms with Crippen LogP contribution in [0.4, 0.5) is 0 Å². The van der Waals surface area contributed by atoms with E-state index in [1.54, 1.807) is 22.2 Å². The molecule has 0 saturated heterocycles. The molecule has 0 aliphatic heterocycles. The number of aliphatic carboxylic acids is 1. The Morgan fingerprint density at radius 2 is 1.89 bits per heavy atom. The van der Waals surface area contributed by atoms with Crippen LogP contribution in [-0.4, -0.2) is 33.3 Å². The number of carbonyl (C=O) groups is 2. The second-order valence-electron chi connectivity index (χ2n) is 6.11. The molecule has 1 aromatic carbocycles. The summed E-state index contributed by atoms with van der Waals surface area (Å²) in [6.45, 7) is 0.513. The van der Waals surface area contributed by atoms with Crippen LogP contribution in [0.1, 0.15) is 36.0 Å². The summed E-state index contributed by atoms with van der Waals surface area (Å²) in [5.41, 5.74) is 2.09. The summed E-state index contributed by atoms with van der Waals surface area (Å²) < 4.78 is 1.72. The zero-order chi connectivity index (χ0) is 19.1. The standard InChI is InChI=1S/C20H21N3O3S/c24-18(25)11-5-2-6-12-21-20(26)16-14-23(15-8-3-1-4-9-15)22-19(16)17-10-7-13-27-17/h1,3-4,7-10,13-14H,2,5-6,11-12H2,(H,21,26)(H,24,25). The van der Waals surface area contributed by atoms with Crippen LogP contribution in [-0.2, 0) is 4.79 Å². The molecular weight excluding hydrogens is 362 g/mol. The highest BCUT2D eigenvalue weighted by atomic mass is 32.1. The molecule has 0 unspecified atom stereocenters. The van der Waals surface area contributed by atoms with Crippen LogP contribution in [0, 0.1) is 0 Å². The van der Waals surface area contributed by atoms with Gasteiger partial charge in [0.25, 0.3) is 5.91 Å². The molecule has 7 heteroatoms. The van der Waals surface area contributed by atoms with Crippen molar-refractivity contribution in [2.45, 2.75) is 25.7 Å². The number of carboxylic acids is 1. The molecule has 0 bridgehead atoms. The number of nitrogens with zero attached hydrogens (tertiary/aromatic N) is 2. The van der Waals surface area contributed by atoms with E-state index >= 15 is 0 Å². The van der Waals surface area contributed by atoms with Gasteiger partial charge in [0.05, 0.1) is 16.1 Å². The summed E-state index contributed by atoms with van der Waals surface area (Å²) in [5, 5.41) is 18.1. The van der Waals surface area contributed by atoms with Crippen molar-refractivity contribution in [3.63, 3.8) is 0 Å². The molecule has 3 rings (SSSR count). The van der Waals surface area contributed by atoms with E-state index in [0.29, 0.717) is 24.2 Å². The third kappa shape index (κ3) is 5.04.